The number of hydrogen-bond donors (Lipinski definition) is 0. The van der Waals surface area contributed by atoms with Crippen molar-refractivity contribution in [2.45, 2.75) is 36.2 Å². The summed E-state index contributed by atoms with van der Waals surface area (Å²) in [6.45, 7) is 3.19. The van der Waals surface area contributed by atoms with Gasteiger partial charge in [0, 0.05) is 13.1 Å². The van der Waals surface area contributed by atoms with Gasteiger partial charge in [0.2, 0.25) is 14.9 Å². The molecular weight excluding hydrogens is 398 g/mol. The monoisotopic (exact) mass is 423 g/mol. The molecular formula is C24H25NO4S. The number of sulfone groups is 1. The van der Waals surface area contributed by atoms with Gasteiger partial charge in [0.1, 0.15) is 0 Å². The summed E-state index contributed by atoms with van der Waals surface area (Å²) in [6.07, 6.45) is 2.87. The predicted octanol–water partition coefficient (Wildman–Crippen LogP) is 4.52. The summed E-state index contributed by atoms with van der Waals surface area (Å²) in [5, 5.41) is -0.200. The SMILES string of the molecule is Cc1ccc(S(=O)(=O)c2ccc(C(=O)N3CCC(Cc4ccccc4)CC3)o2)cc1. The number of carbonyl (C=O) groups is 1. The van der Waals surface area contributed by atoms with E-state index in [2.05, 4.69) is 12.1 Å². The summed E-state index contributed by atoms with van der Waals surface area (Å²) in [7, 11) is -3.78. The zero-order chi connectivity index (χ0) is 21.1. The summed E-state index contributed by atoms with van der Waals surface area (Å²) in [6, 6.07) is 19.8. The van der Waals surface area contributed by atoms with Crippen LogP contribution in [0.5, 0.6) is 0 Å². The molecule has 0 radical (unpaired) electrons. The van der Waals surface area contributed by atoms with E-state index in [0.717, 1.165) is 24.8 Å². The summed E-state index contributed by atoms with van der Waals surface area (Å²) >= 11 is 0. The molecule has 1 fully saturated rings. The second kappa shape index (κ2) is 8.48. The maximum Gasteiger partial charge on any atom is 0.289 e. The Morgan fingerprint density at radius 3 is 2.30 bits per heavy atom. The molecule has 1 aliphatic heterocycles. The summed E-state index contributed by atoms with van der Waals surface area (Å²) < 4.78 is 31.0. The first-order valence-corrected chi connectivity index (χ1v) is 11.7. The van der Waals surface area contributed by atoms with Gasteiger partial charge in [-0.2, -0.15) is 0 Å². The maximum absolute atomic E-state index is 12.8. The van der Waals surface area contributed by atoms with Crippen LogP contribution in [-0.2, 0) is 16.3 Å². The number of nitrogens with zero attached hydrogens (tertiary/aromatic N) is 1. The number of rotatable bonds is 5. The molecule has 156 valence electrons. The molecule has 6 heteroatoms. The number of likely N-dealkylation sites (tertiary alicyclic amines) is 1. The van der Waals surface area contributed by atoms with Crippen molar-refractivity contribution >= 4 is 15.7 Å². The van der Waals surface area contributed by atoms with Gasteiger partial charge in [-0.15, -0.1) is 0 Å². The normalized spacial score (nSPS) is 15.3. The second-order valence-corrected chi connectivity index (χ2v) is 9.74. The van der Waals surface area contributed by atoms with Crippen LogP contribution in [0.15, 0.2) is 81.1 Å². The molecule has 3 aromatic rings. The third-order valence-electron chi connectivity index (χ3n) is 5.66. The third kappa shape index (κ3) is 4.33. The average Bonchev–Trinajstić information content (AvgIpc) is 3.26. The molecule has 2 aromatic carbocycles. The maximum atomic E-state index is 12.8. The van der Waals surface area contributed by atoms with Gasteiger partial charge in [0.25, 0.3) is 5.91 Å². The van der Waals surface area contributed by atoms with Crippen LogP contribution in [0.4, 0.5) is 0 Å². The van der Waals surface area contributed by atoms with Crippen LogP contribution in [0.1, 0.15) is 34.5 Å². The molecule has 30 heavy (non-hydrogen) atoms. The Labute approximate surface area is 177 Å². The van der Waals surface area contributed by atoms with E-state index in [4.69, 9.17) is 4.42 Å². The summed E-state index contributed by atoms with van der Waals surface area (Å²) in [5.74, 6) is 0.367. The number of piperidine rings is 1. The topological polar surface area (TPSA) is 67.6 Å². The molecule has 5 nitrogen and oxygen atoms in total. The smallest absolute Gasteiger partial charge is 0.289 e. The van der Waals surface area contributed by atoms with Gasteiger partial charge in [0.15, 0.2) is 5.76 Å². The van der Waals surface area contributed by atoms with Crippen molar-refractivity contribution in [2.75, 3.05) is 13.1 Å². The van der Waals surface area contributed by atoms with Gasteiger partial charge >= 0.3 is 0 Å². The first-order chi connectivity index (χ1) is 14.4. The molecule has 1 amide bonds. The average molecular weight is 424 g/mol. The first-order valence-electron chi connectivity index (χ1n) is 10.2. The molecule has 1 aromatic heterocycles. The van der Waals surface area contributed by atoms with Crippen molar-refractivity contribution in [1.29, 1.82) is 0 Å². The zero-order valence-corrected chi connectivity index (χ0v) is 17.8. The van der Waals surface area contributed by atoms with E-state index in [1.165, 1.54) is 17.7 Å². The predicted molar refractivity (Wildman–Crippen MR) is 114 cm³/mol. The second-order valence-electron chi connectivity index (χ2n) is 7.86. The molecule has 0 atom stereocenters. The van der Waals surface area contributed by atoms with Gasteiger partial charge < -0.3 is 9.32 Å². The summed E-state index contributed by atoms with van der Waals surface area (Å²) in [5.41, 5.74) is 2.29. The van der Waals surface area contributed by atoms with Crippen LogP contribution < -0.4 is 0 Å². The lowest BCUT2D eigenvalue weighted by Crippen LogP contribution is -2.38. The number of benzene rings is 2. The van der Waals surface area contributed by atoms with Gasteiger partial charge in [0.05, 0.1) is 4.90 Å². The third-order valence-corrected chi connectivity index (χ3v) is 7.30. The number of hydrogen-bond acceptors (Lipinski definition) is 4. The van der Waals surface area contributed by atoms with Gasteiger partial charge in [-0.3, -0.25) is 4.79 Å². The van der Waals surface area contributed by atoms with E-state index in [9.17, 15) is 13.2 Å². The molecule has 4 rings (SSSR count). The van der Waals surface area contributed by atoms with Crippen molar-refractivity contribution in [1.82, 2.24) is 4.90 Å². The van der Waals surface area contributed by atoms with Crippen LogP contribution >= 0.6 is 0 Å². The molecule has 0 spiro atoms. The lowest BCUT2D eigenvalue weighted by molar-refractivity contribution is 0.0653. The minimum atomic E-state index is -3.78. The van der Waals surface area contributed by atoms with E-state index < -0.39 is 9.84 Å². The highest BCUT2D eigenvalue weighted by molar-refractivity contribution is 7.91. The molecule has 0 saturated carbocycles. The highest BCUT2D eigenvalue weighted by Gasteiger charge is 2.28. The van der Waals surface area contributed by atoms with Gasteiger partial charge in [-0.25, -0.2) is 8.42 Å². The van der Waals surface area contributed by atoms with Crippen molar-refractivity contribution in [3.05, 3.63) is 83.6 Å². The van der Waals surface area contributed by atoms with Crippen molar-refractivity contribution in [3.63, 3.8) is 0 Å². The summed E-state index contributed by atoms with van der Waals surface area (Å²) in [4.78, 5) is 14.7. The Balaban J connectivity index is 1.40. The van der Waals surface area contributed by atoms with Crippen LogP contribution in [0.2, 0.25) is 0 Å². The van der Waals surface area contributed by atoms with Crippen molar-refractivity contribution in [3.8, 4) is 0 Å². The highest BCUT2D eigenvalue weighted by Crippen LogP contribution is 2.26. The Bertz CT molecular complexity index is 1110. The molecule has 1 saturated heterocycles. The fraction of sp³-hybridized carbons (Fsp3) is 0.292. The Morgan fingerprint density at radius 2 is 1.63 bits per heavy atom. The Hall–Kier alpha value is -2.86. The molecule has 0 aliphatic carbocycles. The largest absolute Gasteiger partial charge is 0.439 e. The van der Waals surface area contributed by atoms with E-state index >= 15 is 0 Å². The molecule has 2 heterocycles. The molecule has 0 N–H and O–H groups in total. The van der Waals surface area contributed by atoms with Gasteiger partial charge in [-0.05, 0) is 61.9 Å². The van der Waals surface area contributed by atoms with E-state index in [0.29, 0.717) is 19.0 Å². The fourth-order valence-electron chi connectivity index (χ4n) is 3.86. The molecule has 1 aliphatic rings. The highest BCUT2D eigenvalue weighted by atomic mass is 32.2. The minimum Gasteiger partial charge on any atom is -0.439 e. The van der Waals surface area contributed by atoms with Crippen molar-refractivity contribution < 1.29 is 17.6 Å². The molecule has 0 unspecified atom stereocenters. The Kier molecular flexibility index (Phi) is 5.77. The van der Waals surface area contributed by atoms with Gasteiger partial charge in [-0.1, -0.05) is 48.0 Å². The zero-order valence-electron chi connectivity index (χ0n) is 17.0. The van der Waals surface area contributed by atoms with E-state index in [-0.39, 0.29) is 21.7 Å². The fourth-order valence-corrected chi connectivity index (χ4v) is 5.03. The van der Waals surface area contributed by atoms with Crippen molar-refractivity contribution in [2.24, 2.45) is 5.92 Å². The lowest BCUT2D eigenvalue weighted by atomic mass is 9.90. The van der Waals surface area contributed by atoms with Crippen LogP contribution in [0, 0.1) is 12.8 Å². The standard InChI is InChI=1S/C24H25NO4S/c1-18-7-9-21(10-8-18)30(27,28)23-12-11-22(29-23)24(26)25-15-13-20(14-16-25)17-19-5-3-2-4-6-19/h2-12,20H,13-17H2,1H3. The number of furan rings is 1. The van der Waals surface area contributed by atoms with Crippen LogP contribution in [0.3, 0.4) is 0 Å². The minimum absolute atomic E-state index is 0.0715. The quantitative estimate of drug-likeness (QED) is 0.605. The lowest BCUT2D eigenvalue weighted by Gasteiger charge is -2.31. The molecule has 0 bridgehead atoms. The van der Waals surface area contributed by atoms with Crippen LogP contribution in [-0.4, -0.2) is 32.3 Å². The number of amides is 1. The van der Waals surface area contributed by atoms with E-state index in [1.54, 1.807) is 29.2 Å². The number of carbonyl (C=O) groups excluding carboxylic acids is 1. The number of aryl methyl sites for hydroxylation is 1. The Morgan fingerprint density at radius 1 is 0.967 bits per heavy atom. The van der Waals surface area contributed by atoms with E-state index in [1.807, 2.05) is 25.1 Å². The first kappa shape index (κ1) is 20.4. The van der Waals surface area contributed by atoms with Crippen LogP contribution in [0.25, 0.3) is 0 Å².